The Balaban J connectivity index is 1.34. The smallest absolute Gasteiger partial charge is 0.257 e. The number of tetrazole rings is 1. The fourth-order valence-electron chi connectivity index (χ4n) is 3.08. The molecule has 162 valence electrons. The first-order chi connectivity index (χ1) is 15.6. The fraction of sp³-hybridized carbons (Fsp3) is 0.182. The molecule has 0 saturated carbocycles. The van der Waals surface area contributed by atoms with Crippen molar-refractivity contribution in [3.8, 4) is 16.9 Å². The highest BCUT2D eigenvalue weighted by molar-refractivity contribution is 7.14. The third-order valence-corrected chi connectivity index (χ3v) is 5.49. The van der Waals surface area contributed by atoms with Crippen molar-refractivity contribution in [2.75, 3.05) is 11.9 Å². The molecule has 0 unspecified atom stereocenters. The average molecular weight is 448 g/mol. The first kappa shape index (κ1) is 21.3. The summed E-state index contributed by atoms with van der Waals surface area (Å²) in [6, 6.07) is 15.1. The molecule has 4 aromatic rings. The van der Waals surface area contributed by atoms with Gasteiger partial charge in [0.2, 0.25) is 5.91 Å². The van der Waals surface area contributed by atoms with Gasteiger partial charge in [-0.15, -0.1) is 16.4 Å². The Hall–Kier alpha value is -3.92. The van der Waals surface area contributed by atoms with Crippen molar-refractivity contribution in [2.24, 2.45) is 0 Å². The van der Waals surface area contributed by atoms with Gasteiger partial charge in [0, 0.05) is 30.0 Å². The Morgan fingerprint density at radius 1 is 1.06 bits per heavy atom. The van der Waals surface area contributed by atoms with Gasteiger partial charge < -0.3 is 5.32 Å². The third-order valence-electron chi connectivity index (χ3n) is 4.73. The maximum absolute atomic E-state index is 12.6. The van der Waals surface area contributed by atoms with Gasteiger partial charge >= 0.3 is 0 Å². The van der Waals surface area contributed by atoms with Crippen LogP contribution >= 0.6 is 11.3 Å². The lowest BCUT2D eigenvalue weighted by Crippen LogP contribution is -2.21. The summed E-state index contributed by atoms with van der Waals surface area (Å²) in [5.41, 5.74) is 4.28. The van der Waals surface area contributed by atoms with Crippen molar-refractivity contribution in [3.63, 3.8) is 0 Å². The molecule has 2 amide bonds. The van der Waals surface area contributed by atoms with Crippen LogP contribution in [0, 0.1) is 0 Å². The summed E-state index contributed by atoms with van der Waals surface area (Å²) < 4.78 is 1.52. The van der Waals surface area contributed by atoms with E-state index in [1.807, 2.05) is 17.5 Å². The summed E-state index contributed by atoms with van der Waals surface area (Å²) in [4.78, 5) is 28.0. The lowest BCUT2D eigenvalue weighted by molar-refractivity contribution is -0.118. The molecular weight excluding hydrogens is 426 g/mol. The Kier molecular flexibility index (Phi) is 6.61. The summed E-state index contributed by atoms with van der Waals surface area (Å²) in [6.07, 6.45) is 3.28. The standard InChI is InChI=1S/C22H21N7O2S/c1-15(30)23-12-2-3-16-4-6-17(7-5-16)20-13-32-22(25-20)26-21(31)18-8-10-19(11-9-18)29-14-24-27-28-29/h4-11,13-14H,2-3,12H2,1H3,(H,23,30)(H,25,26,31). The molecule has 4 rings (SSSR count). The third kappa shape index (κ3) is 5.41. The molecule has 0 aliphatic rings. The number of aromatic nitrogens is 5. The predicted molar refractivity (Wildman–Crippen MR) is 122 cm³/mol. The fourth-order valence-corrected chi connectivity index (χ4v) is 3.79. The number of carbonyl (C=O) groups excluding carboxylic acids is 2. The summed E-state index contributed by atoms with van der Waals surface area (Å²) in [5, 5.41) is 19.1. The van der Waals surface area contributed by atoms with Gasteiger partial charge in [0.25, 0.3) is 5.91 Å². The molecule has 0 spiro atoms. The highest BCUT2D eigenvalue weighted by atomic mass is 32.1. The van der Waals surface area contributed by atoms with E-state index in [4.69, 9.17) is 0 Å². The zero-order valence-corrected chi connectivity index (χ0v) is 18.2. The van der Waals surface area contributed by atoms with Crippen LogP contribution in [0.1, 0.15) is 29.3 Å². The average Bonchev–Trinajstić information content (AvgIpc) is 3.50. The van der Waals surface area contributed by atoms with E-state index in [9.17, 15) is 9.59 Å². The minimum atomic E-state index is -0.233. The van der Waals surface area contributed by atoms with E-state index >= 15 is 0 Å². The number of nitrogens with zero attached hydrogens (tertiary/aromatic N) is 5. The maximum Gasteiger partial charge on any atom is 0.257 e. The first-order valence-corrected chi connectivity index (χ1v) is 10.9. The molecule has 2 aromatic heterocycles. The van der Waals surface area contributed by atoms with Crippen LogP contribution < -0.4 is 10.6 Å². The monoisotopic (exact) mass is 447 g/mol. The van der Waals surface area contributed by atoms with Gasteiger partial charge in [0.1, 0.15) is 6.33 Å². The van der Waals surface area contributed by atoms with Crippen LogP contribution in [0.25, 0.3) is 16.9 Å². The van der Waals surface area contributed by atoms with Crippen LogP contribution in [0.4, 0.5) is 5.13 Å². The molecule has 0 radical (unpaired) electrons. The number of thiazole rings is 1. The largest absolute Gasteiger partial charge is 0.356 e. The molecule has 2 N–H and O–H groups in total. The number of hydrogen-bond acceptors (Lipinski definition) is 7. The van der Waals surface area contributed by atoms with E-state index in [1.165, 1.54) is 34.8 Å². The molecule has 0 aliphatic carbocycles. The molecule has 2 aromatic carbocycles. The summed E-state index contributed by atoms with van der Waals surface area (Å²) >= 11 is 1.38. The van der Waals surface area contributed by atoms with E-state index in [0.29, 0.717) is 17.2 Å². The molecule has 32 heavy (non-hydrogen) atoms. The molecule has 0 atom stereocenters. The second-order valence-corrected chi connectivity index (χ2v) is 7.93. The number of amides is 2. The number of hydrogen-bond donors (Lipinski definition) is 2. The van der Waals surface area contributed by atoms with Crippen molar-refractivity contribution >= 4 is 28.3 Å². The highest BCUT2D eigenvalue weighted by Gasteiger charge is 2.11. The minimum Gasteiger partial charge on any atom is -0.356 e. The van der Waals surface area contributed by atoms with E-state index in [1.54, 1.807) is 24.3 Å². The second-order valence-electron chi connectivity index (χ2n) is 7.08. The Bertz CT molecular complexity index is 1190. The van der Waals surface area contributed by atoms with Crippen LogP contribution in [-0.2, 0) is 11.2 Å². The molecular formula is C22H21N7O2S. The SMILES string of the molecule is CC(=O)NCCCc1ccc(-c2csc(NC(=O)c3ccc(-n4cnnn4)cc3)n2)cc1. The van der Waals surface area contributed by atoms with Crippen LogP contribution in [0.3, 0.4) is 0 Å². The number of nitrogens with one attached hydrogen (secondary N) is 2. The van der Waals surface area contributed by atoms with Crippen LogP contribution in [0.15, 0.2) is 60.2 Å². The molecule has 0 fully saturated rings. The second kappa shape index (κ2) is 9.92. The molecule has 9 nitrogen and oxygen atoms in total. The van der Waals surface area contributed by atoms with E-state index < -0.39 is 0 Å². The maximum atomic E-state index is 12.6. The predicted octanol–water partition coefficient (Wildman–Crippen LogP) is 3.11. The topological polar surface area (TPSA) is 115 Å². The number of carbonyl (C=O) groups is 2. The first-order valence-electron chi connectivity index (χ1n) is 10.0. The molecule has 0 saturated heterocycles. The van der Waals surface area contributed by atoms with Crippen LogP contribution in [-0.4, -0.2) is 43.6 Å². The number of benzene rings is 2. The van der Waals surface area contributed by atoms with Crippen LogP contribution in [0.2, 0.25) is 0 Å². The summed E-state index contributed by atoms with van der Waals surface area (Å²) in [7, 11) is 0. The Morgan fingerprint density at radius 3 is 2.53 bits per heavy atom. The normalized spacial score (nSPS) is 10.7. The highest BCUT2D eigenvalue weighted by Crippen LogP contribution is 2.26. The van der Waals surface area contributed by atoms with Crippen molar-refractivity contribution in [1.29, 1.82) is 0 Å². The minimum absolute atomic E-state index is 0.00637. The van der Waals surface area contributed by atoms with Gasteiger partial charge in [-0.25, -0.2) is 9.67 Å². The lowest BCUT2D eigenvalue weighted by Gasteiger charge is -2.04. The van der Waals surface area contributed by atoms with Crippen molar-refractivity contribution < 1.29 is 9.59 Å². The van der Waals surface area contributed by atoms with Gasteiger partial charge in [0.15, 0.2) is 5.13 Å². The number of aryl methyl sites for hydroxylation is 1. The summed E-state index contributed by atoms with van der Waals surface area (Å²) in [5.74, 6) is -0.239. The zero-order chi connectivity index (χ0) is 22.3. The molecule has 0 bridgehead atoms. The molecule has 10 heteroatoms. The molecule has 2 heterocycles. The number of rotatable bonds is 8. The van der Waals surface area contributed by atoms with E-state index in [0.717, 1.165) is 29.8 Å². The van der Waals surface area contributed by atoms with E-state index in [2.05, 4.69) is 43.3 Å². The Labute approximate surface area is 188 Å². The van der Waals surface area contributed by atoms with Gasteiger partial charge in [-0.2, -0.15) is 0 Å². The number of anilines is 1. The van der Waals surface area contributed by atoms with Gasteiger partial charge in [0.05, 0.1) is 11.4 Å². The van der Waals surface area contributed by atoms with E-state index in [-0.39, 0.29) is 11.8 Å². The van der Waals surface area contributed by atoms with Gasteiger partial charge in [-0.05, 0) is 53.1 Å². The van der Waals surface area contributed by atoms with Crippen LogP contribution in [0.5, 0.6) is 0 Å². The van der Waals surface area contributed by atoms with Crippen molar-refractivity contribution in [1.82, 2.24) is 30.5 Å². The van der Waals surface area contributed by atoms with Gasteiger partial charge in [-0.3, -0.25) is 14.9 Å². The zero-order valence-electron chi connectivity index (χ0n) is 17.4. The van der Waals surface area contributed by atoms with Crippen molar-refractivity contribution in [2.45, 2.75) is 19.8 Å². The lowest BCUT2D eigenvalue weighted by atomic mass is 10.1. The molecule has 0 aliphatic heterocycles. The van der Waals surface area contributed by atoms with Crippen molar-refractivity contribution in [3.05, 3.63) is 71.4 Å². The quantitative estimate of drug-likeness (QED) is 0.401. The summed E-state index contributed by atoms with van der Waals surface area (Å²) in [6.45, 7) is 2.19. The van der Waals surface area contributed by atoms with Gasteiger partial charge in [-0.1, -0.05) is 24.3 Å². The Morgan fingerprint density at radius 2 is 1.84 bits per heavy atom.